The molecule has 1 atom stereocenters. The number of aliphatic hydroxyl groups excluding tert-OH is 1. The lowest BCUT2D eigenvalue weighted by molar-refractivity contribution is 0.0294. The summed E-state index contributed by atoms with van der Waals surface area (Å²) >= 11 is 0. The van der Waals surface area contributed by atoms with E-state index in [1.807, 2.05) is 14.0 Å². The second-order valence-electron chi connectivity index (χ2n) is 4.29. The Bertz CT molecular complexity index is 163. The van der Waals surface area contributed by atoms with Crippen LogP contribution in [0.25, 0.3) is 0 Å². The summed E-state index contributed by atoms with van der Waals surface area (Å²) in [6, 6.07) is 0. The maximum Gasteiger partial charge on any atom is 0.0700 e. The van der Waals surface area contributed by atoms with Crippen LogP contribution >= 0.6 is 0 Å². The highest BCUT2D eigenvalue weighted by Gasteiger charge is 2.19. The van der Waals surface area contributed by atoms with Gasteiger partial charge in [0.15, 0.2) is 0 Å². The van der Waals surface area contributed by atoms with Gasteiger partial charge in [-0.05, 0) is 26.8 Å². The number of hydrogen-bond acceptors (Lipinski definition) is 5. The van der Waals surface area contributed by atoms with Gasteiger partial charge in [-0.3, -0.25) is 0 Å². The Kier molecular flexibility index (Phi) is 10.8. The van der Waals surface area contributed by atoms with Crippen LogP contribution in [-0.2, 0) is 14.2 Å². The monoisotopic (exact) mass is 249 g/mol. The fourth-order valence-corrected chi connectivity index (χ4v) is 1.21. The number of methoxy groups -OCH3 is 1. The molecule has 104 valence electrons. The van der Waals surface area contributed by atoms with E-state index in [0.717, 1.165) is 19.4 Å². The van der Waals surface area contributed by atoms with Crippen molar-refractivity contribution in [2.24, 2.45) is 0 Å². The Hall–Kier alpha value is -0.200. The molecule has 0 aromatic heterocycles. The lowest BCUT2D eigenvalue weighted by atomic mass is 10.0. The molecule has 0 aliphatic carbocycles. The number of aliphatic hydroxyl groups is 1. The SMILES string of the molecule is CNC(C)(CO)CCOCCOCCCOC. The summed E-state index contributed by atoms with van der Waals surface area (Å²) in [5.41, 5.74) is -0.251. The number of hydrogen-bond donors (Lipinski definition) is 2. The molecule has 0 radical (unpaired) electrons. The summed E-state index contributed by atoms with van der Waals surface area (Å²) in [5, 5.41) is 12.2. The molecule has 17 heavy (non-hydrogen) atoms. The zero-order valence-corrected chi connectivity index (χ0v) is 11.3. The molecule has 0 aliphatic rings. The van der Waals surface area contributed by atoms with Gasteiger partial charge in [0, 0.05) is 32.5 Å². The molecule has 0 aliphatic heterocycles. The maximum atomic E-state index is 9.15. The average molecular weight is 249 g/mol. The first kappa shape index (κ1) is 16.8. The molecular formula is C12H27NO4. The summed E-state index contributed by atoms with van der Waals surface area (Å²) in [4.78, 5) is 0. The van der Waals surface area contributed by atoms with E-state index >= 15 is 0 Å². The van der Waals surface area contributed by atoms with Crippen LogP contribution in [-0.4, -0.2) is 64.4 Å². The van der Waals surface area contributed by atoms with Crippen LogP contribution in [0.15, 0.2) is 0 Å². The van der Waals surface area contributed by atoms with E-state index in [2.05, 4.69) is 5.32 Å². The van der Waals surface area contributed by atoms with E-state index in [1.54, 1.807) is 7.11 Å². The number of nitrogens with one attached hydrogen (secondary N) is 1. The standard InChI is InChI=1S/C12H27NO4/c1-12(11-14,13-2)5-8-17-10-9-16-7-4-6-15-3/h13-14H,4-11H2,1-3H3. The second kappa shape index (κ2) is 10.9. The predicted octanol–water partition coefficient (Wildman–Crippen LogP) is 0.417. The normalized spacial score (nSPS) is 14.8. The van der Waals surface area contributed by atoms with Crippen LogP contribution < -0.4 is 5.32 Å². The molecule has 5 nitrogen and oxygen atoms in total. The summed E-state index contributed by atoms with van der Waals surface area (Å²) in [6.07, 6.45) is 1.70. The molecule has 5 heteroatoms. The minimum absolute atomic E-state index is 0.111. The van der Waals surface area contributed by atoms with Crippen molar-refractivity contribution in [3.8, 4) is 0 Å². The minimum atomic E-state index is -0.251. The summed E-state index contributed by atoms with van der Waals surface area (Å²) in [5.74, 6) is 0. The Morgan fingerprint density at radius 2 is 1.71 bits per heavy atom. The van der Waals surface area contributed by atoms with Gasteiger partial charge >= 0.3 is 0 Å². The molecule has 0 saturated heterocycles. The quantitative estimate of drug-likeness (QED) is 0.491. The van der Waals surface area contributed by atoms with Gasteiger partial charge in [-0.1, -0.05) is 0 Å². The lowest BCUT2D eigenvalue weighted by Crippen LogP contribution is -2.44. The zero-order chi connectivity index (χ0) is 13.0. The van der Waals surface area contributed by atoms with E-state index in [0.29, 0.717) is 26.4 Å². The van der Waals surface area contributed by atoms with Crippen molar-refractivity contribution < 1.29 is 19.3 Å². The van der Waals surface area contributed by atoms with Gasteiger partial charge in [0.1, 0.15) is 0 Å². The minimum Gasteiger partial charge on any atom is -0.394 e. The third-order valence-electron chi connectivity index (χ3n) is 2.76. The van der Waals surface area contributed by atoms with Gasteiger partial charge in [-0.25, -0.2) is 0 Å². The Morgan fingerprint density at radius 3 is 2.24 bits per heavy atom. The smallest absolute Gasteiger partial charge is 0.0700 e. The number of rotatable bonds is 12. The van der Waals surface area contributed by atoms with Gasteiger partial charge in [-0.15, -0.1) is 0 Å². The van der Waals surface area contributed by atoms with Gasteiger partial charge in [0.05, 0.1) is 19.8 Å². The van der Waals surface area contributed by atoms with E-state index in [1.165, 1.54) is 0 Å². The first-order chi connectivity index (χ1) is 8.18. The Morgan fingerprint density at radius 1 is 1.06 bits per heavy atom. The molecule has 0 saturated carbocycles. The van der Waals surface area contributed by atoms with Crippen molar-refractivity contribution in [3.05, 3.63) is 0 Å². The summed E-state index contributed by atoms with van der Waals surface area (Å²) < 4.78 is 15.7. The van der Waals surface area contributed by atoms with Crippen molar-refractivity contribution >= 4 is 0 Å². The maximum absolute atomic E-state index is 9.15. The molecule has 0 rings (SSSR count). The fourth-order valence-electron chi connectivity index (χ4n) is 1.21. The van der Waals surface area contributed by atoms with Crippen LogP contribution in [0.2, 0.25) is 0 Å². The Balaban J connectivity index is 3.23. The zero-order valence-electron chi connectivity index (χ0n) is 11.3. The van der Waals surface area contributed by atoms with Gasteiger partial charge in [0.2, 0.25) is 0 Å². The van der Waals surface area contributed by atoms with Gasteiger partial charge < -0.3 is 24.6 Å². The first-order valence-electron chi connectivity index (χ1n) is 6.12. The largest absolute Gasteiger partial charge is 0.394 e. The van der Waals surface area contributed by atoms with Crippen molar-refractivity contribution in [2.75, 3.05) is 53.8 Å². The summed E-state index contributed by atoms with van der Waals surface area (Å²) in [7, 11) is 3.53. The highest BCUT2D eigenvalue weighted by Crippen LogP contribution is 2.07. The van der Waals surface area contributed by atoms with Crippen LogP contribution in [0, 0.1) is 0 Å². The van der Waals surface area contributed by atoms with Crippen LogP contribution in [0.4, 0.5) is 0 Å². The van der Waals surface area contributed by atoms with Crippen LogP contribution in [0.3, 0.4) is 0 Å². The summed E-state index contributed by atoms with van der Waals surface area (Å²) in [6.45, 7) is 5.36. The molecule has 0 bridgehead atoms. The van der Waals surface area contributed by atoms with Crippen molar-refractivity contribution in [1.29, 1.82) is 0 Å². The van der Waals surface area contributed by atoms with Gasteiger partial charge in [0.25, 0.3) is 0 Å². The second-order valence-corrected chi connectivity index (χ2v) is 4.29. The lowest BCUT2D eigenvalue weighted by Gasteiger charge is -2.26. The van der Waals surface area contributed by atoms with E-state index in [4.69, 9.17) is 19.3 Å². The average Bonchev–Trinajstić information content (AvgIpc) is 2.36. The first-order valence-corrected chi connectivity index (χ1v) is 6.12. The van der Waals surface area contributed by atoms with Crippen LogP contribution in [0.5, 0.6) is 0 Å². The highest BCUT2D eigenvalue weighted by molar-refractivity contribution is 4.79. The van der Waals surface area contributed by atoms with Gasteiger partial charge in [-0.2, -0.15) is 0 Å². The van der Waals surface area contributed by atoms with Crippen molar-refractivity contribution in [2.45, 2.75) is 25.3 Å². The third kappa shape index (κ3) is 9.50. The molecule has 0 spiro atoms. The van der Waals surface area contributed by atoms with E-state index in [-0.39, 0.29) is 12.1 Å². The topological polar surface area (TPSA) is 60.0 Å². The highest BCUT2D eigenvalue weighted by atomic mass is 16.5. The molecule has 0 amide bonds. The molecule has 0 fully saturated rings. The molecule has 2 N–H and O–H groups in total. The predicted molar refractivity (Wildman–Crippen MR) is 67.3 cm³/mol. The molecule has 0 heterocycles. The fraction of sp³-hybridized carbons (Fsp3) is 1.00. The number of likely N-dealkylation sites (N-methyl/N-ethyl adjacent to an activating group) is 1. The third-order valence-corrected chi connectivity index (χ3v) is 2.76. The number of ether oxygens (including phenoxy) is 3. The van der Waals surface area contributed by atoms with Crippen molar-refractivity contribution in [3.63, 3.8) is 0 Å². The molecule has 1 unspecified atom stereocenters. The van der Waals surface area contributed by atoms with E-state index < -0.39 is 0 Å². The van der Waals surface area contributed by atoms with E-state index in [9.17, 15) is 0 Å². The molecule has 0 aromatic rings. The molecule has 0 aromatic carbocycles. The van der Waals surface area contributed by atoms with Crippen molar-refractivity contribution in [1.82, 2.24) is 5.32 Å². The molecular weight excluding hydrogens is 222 g/mol. The van der Waals surface area contributed by atoms with Crippen LogP contribution in [0.1, 0.15) is 19.8 Å². The Labute approximate surface area is 104 Å².